The lowest BCUT2D eigenvalue weighted by atomic mass is 9.85. The minimum atomic E-state index is -0.599. The summed E-state index contributed by atoms with van der Waals surface area (Å²) in [6, 6.07) is 0. The molecule has 1 heterocycles. The van der Waals surface area contributed by atoms with Crippen LogP contribution in [0.3, 0.4) is 0 Å². The standard InChI is InChI=1S/C17H21N3O6/c1-2-26-13(23)7-19-11(21)6-18-12(22)8-20-16(24)14-9-3-4-10(5-9)15(14)17(20)25/h3-4,9-10,14-15H,2,5-8H2,1H3,(H,18,22)(H,19,21)/t9-,10+,14+,15-. The van der Waals surface area contributed by atoms with Crippen LogP contribution < -0.4 is 10.6 Å². The van der Waals surface area contributed by atoms with Crippen LogP contribution in [0.4, 0.5) is 0 Å². The molecule has 1 aliphatic heterocycles. The van der Waals surface area contributed by atoms with Gasteiger partial charge in [0.25, 0.3) is 0 Å². The van der Waals surface area contributed by atoms with E-state index in [0.717, 1.165) is 11.3 Å². The molecular weight excluding hydrogens is 342 g/mol. The molecule has 0 aromatic carbocycles. The largest absolute Gasteiger partial charge is 0.465 e. The van der Waals surface area contributed by atoms with Crippen molar-refractivity contribution >= 4 is 29.6 Å². The van der Waals surface area contributed by atoms with Gasteiger partial charge in [-0.05, 0) is 25.2 Å². The first-order valence-corrected chi connectivity index (χ1v) is 8.65. The number of amides is 4. The highest BCUT2D eigenvalue weighted by atomic mass is 16.5. The Bertz CT molecular complexity index is 658. The maximum Gasteiger partial charge on any atom is 0.325 e. The van der Waals surface area contributed by atoms with E-state index in [1.54, 1.807) is 6.92 Å². The smallest absolute Gasteiger partial charge is 0.325 e. The molecule has 3 rings (SSSR count). The summed E-state index contributed by atoms with van der Waals surface area (Å²) in [6.07, 6.45) is 4.79. The van der Waals surface area contributed by atoms with E-state index < -0.39 is 24.3 Å². The van der Waals surface area contributed by atoms with Crippen LogP contribution in [0.5, 0.6) is 0 Å². The summed E-state index contributed by atoms with van der Waals surface area (Å²) in [7, 11) is 0. The highest BCUT2D eigenvalue weighted by molar-refractivity contribution is 6.08. The number of hydrogen-bond acceptors (Lipinski definition) is 6. The fourth-order valence-corrected chi connectivity index (χ4v) is 3.94. The number of esters is 1. The summed E-state index contributed by atoms with van der Waals surface area (Å²) >= 11 is 0. The normalized spacial score (nSPS) is 28.3. The average Bonchev–Trinajstić information content (AvgIpc) is 3.28. The Morgan fingerprint density at radius 2 is 1.62 bits per heavy atom. The molecule has 2 aliphatic carbocycles. The minimum absolute atomic E-state index is 0.0863. The van der Waals surface area contributed by atoms with Crippen molar-refractivity contribution in [3.8, 4) is 0 Å². The first-order chi connectivity index (χ1) is 12.4. The average molecular weight is 363 g/mol. The lowest BCUT2D eigenvalue weighted by Crippen LogP contribution is -2.45. The van der Waals surface area contributed by atoms with Crippen molar-refractivity contribution in [1.82, 2.24) is 15.5 Å². The molecule has 2 N–H and O–H groups in total. The Labute approximate surface area is 150 Å². The predicted molar refractivity (Wildman–Crippen MR) is 87.1 cm³/mol. The zero-order chi connectivity index (χ0) is 18.8. The third-order valence-corrected chi connectivity index (χ3v) is 5.04. The molecule has 1 saturated heterocycles. The van der Waals surface area contributed by atoms with Gasteiger partial charge in [0.15, 0.2) is 0 Å². The minimum Gasteiger partial charge on any atom is -0.465 e. The molecule has 9 nitrogen and oxygen atoms in total. The molecule has 9 heteroatoms. The van der Waals surface area contributed by atoms with Gasteiger partial charge in [0.1, 0.15) is 13.1 Å². The van der Waals surface area contributed by atoms with Crippen LogP contribution in [-0.2, 0) is 28.7 Å². The molecule has 0 unspecified atom stereocenters. The van der Waals surface area contributed by atoms with E-state index in [9.17, 15) is 24.0 Å². The molecule has 26 heavy (non-hydrogen) atoms. The number of hydrogen-bond donors (Lipinski definition) is 2. The van der Waals surface area contributed by atoms with E-state index in [0.29, 0.717) is 0 Å². The van der Waals surface area contributed by atoms with E-state index in [1.807, 2.05) is 12.2 Å². The van der Waals surface area contributed by atoms with Crippen molar-refractivity contribution in [2.75, 3.05) is 26.2 Å². The maximum atomic E-state index is 12.5. The SMILES string of the molecule is CCOC(=O)CNC(=O)CNC(=O)CN1C(=O)[C@@H]2[C@H](C1=O)[C@H]1C=C[C@@H]2C1. The monoisotopic (exact) mass is 363 g/mol. The van der Waals surface area contributed by atoms with Gasteiger partial charge in [0.2, 0.25) is 23.6 Å². The summed E-state index contributed by atoms with van der Waals surface area (Å²) in [5.74, 6) is -2.88. The number of likely N-dealkylation sites (tertiary alicyclic amines) is 1. The lowest BCUT2D eigenvalue weighted by Gasteiger charge is -2.16. The molecular formula is C17H21N3O6. The highest BCUT2D eigenvalue weighted by Crippen LogP contribution is 2.52. The summed E-state index contributed by atoms with van der Waals surface area (Å²) in [4.78, 5) is 60.6. The van der Waals surface area contributed by atoms with Crippen LogP contribution in [0.25, 0.3) is 0 Å². The molecule has 0 spiro atoms. The van der Waals surface area contributed by atoms with Crippen LogP contribution in [0.1, 0.15) is 13.3 Å². The molecule has 0 radical (unpaired) electrons. The van der Waals surface area contributed by atoms with Crippen molar-refractivity contribution < 1.29 is 28.7 Å². The van der Waals surface area contributed by atoms with Crippen molar-refractivity contribution in [2.45, 2.75) is 13.3 Å². The molecule has 2 bridgehead atoms. The fraction of sp³-hybridized carbons (Fsp3) is 0.588. The topological polar surface area (TPSA) is 122 Å². The van der Waals surface area contributed by atoms with Crippen molar-refractivity contribution in [2.24, 2.45) is 23.7 Å². The number of carbonyl (C=O) groups is 5. The first-order valence-electron chi connectivity index (χ1n) is 8.65. The number of allylic oxidation sites excluding steroid dienone is 2. The fourth-order valence-electron chi connectivity index (χ4n) is 3.94. The second-order valence-electron chi connectivity index (χ2n) is 6.62. The second kappa shape index (κ2) is 7.27. The summed E-state index contributed by atoms with van der Waals surface area (Å²) in [5, 5.41) is 4.65. The number of nitrogens with one attached hydrogen (secondary N) is 2. The Morgan fingerprint density at radius 1 is 1.04 bits per heavy atom. The van der Waals surface area contributed by atoms with E-state index in [1.165, 1.54) is 0 Å². The number of nitrogens with zero attached hydrogens (tertiary/aromatic N) is 1. The van der Waals surface area contributed by atoms with Crippen LogP contribution >= 0.6 is 0 Å². The number of fused-ring (bicyclic) bond motifs is 5. The number of ether oxygens (including phenoxy) is 1. The molecule has 0 aromatic rings. The Morgan fingerprint density at radius 3 is 2.19 bits per heavy atom. The zero-order valence-electron chi connectivity index (χ0n) is 14.4. The third kappa shape index (κ3) is 3.33. The lowest BCUT2D eigenvalue weighted by molar-refractivity contribution is -0.145. The van der Waals surface area contributed by atoms with Crippen LogP contribution in [0.15, 0.2) is 12.2 Å². The van der Waals surface area contributed by atoms with Gasteiger partial charge in [-0.1, -0.05) is 12.2 Å². The summed E-state index contributed by atoms with van der Waals surface area (Å²) in [5.41, 5.74) is 0. The number of rotatable bonds is 7. The van der Waals surface area contributed by atoms with E-state index in [-0.39, 0.29) is 55.2 Å². The van der Waals surface area contributed by atoms with Crippen molar-refractivity contribution in [3.63, 3.8) is 0 Å². The molecule has 4 atom stereocenters. The summed E-state index contributed by atoms with van der Waals surface area (Å²) < 4.78 is 4.66. The number of imide groups is 1. The molecule has 140 valence electrons. The first kappa shape index (κ1) is 18.1. The molecule has 2 fully saturated rings. The van der Waals surface area contributed by atoms with Gasteiger partial charge >= 0.3 is 5.97 Å². The second-order valence-corrected chi connectivity index (χ2v) is 6.62. The Hall–Kier alpha value is -2.71. The van der Waals surface area contributed by atoms with Crippen molar-refractivity contribution in [1.29, 1.82) is 0 Å². The molecule has 3 aliphatic rings. The van der Waals surface area contributed by atoms with Crippen molar-refractivity contribution in [3.05, 3.63) is 12.2 Å². The van der Waals surface area contributed by atoms with Gasteiger partial charge in [0, 0.05) is 0 Å². The van der Waals surface area contributed by atoms with Gasteiger partial charge < -0.3 is 15.4 Å². The number of carbonyl (C=O) groups excluding carboxylic acids is 5. The van der Waals surface area contributed by atoms with E-state index in [4.69, 9.17) is 0 Å². The van der Waals surface area contributed by atoms with Gasteiger partial charge in [0.05, 0.1) is 25.0 Å². The van der Waals surface area contributed by atoms with Gasteiger partial charge in [-0.15, -0.1) is 0 Å². The van der Waals surface area contributed by atoms with Crippen LogP contribution in [0, 0.1) is 23.7 Å². The quantitative estimate of drug-likeness (QED) is 0.326. The Kier molecular flexibility index (Phi) is 5.06. The van der Waals surface area contributed by atoms with Crippen LogP contribution in [-0.4, -0.2) is 60.7 Å². The van der Waals surface area contributed by atoms with Gasteiger partial charge in [-0.3, -0.25) is 28.9 Å². The van der Waals surface area contributed by atoms with Gasteiger partial charge in [-0.25, -0.2) is 0 Å². The van der Waals surface area contributed by atoms with Crippen LogP contribution in [0.2, 0.25) is 0 Å². The molecule has 1 saturated carbocycles. The Balaban J connectivity index is 1.44. The predicted octanol–water partition coefficient (Wildman–Crippen LogP) is -1.41. The molecule has 0 aromatic heterocycles. The van der Waals surface area contributed by atoms with Gasteiger partial charge in [-0.2, -0.15) is 0 Å². The summed E-state index contributed by atoms with van der Waals surface area (Å²) in [6.45, 7) is 0.827. The third-order valence-electron chi connectivity index (χ3n) is 5.04. The van der Waals surface area contributed by atoms with E-state index >= 15 is 0 Å². The van der Waals surface area contributed by atoms with E-state index in [2.05, 4.69) is 15.4 Å². The molecule has 4 amide bonds. The highest BCUT2D eigenvalue weighted by Gasteiger charge is 2.59. The zero-order valence-corrected chi connectivity index (χ0v) is 14.4. The maximum absolute atomic E-state index is 12.5.